The zero-order valence-corrected chi connectivity index (χ0v) is 9.54. The summed E-state index contributed by atoms with van der Waals surface area (Å²) in [5.41, 5.74) is 1.12. The number of rotatable bonds is 8. The average molecular weight is 236 g/mol. The molecule has 1 aromatic carbocycles. The van der Waals surface area contributed by atoms with Gasteiger partial charge in [-0.15, -0.1) is 0 Å². The number of aliphatic carboxylic acids is 1. The molecule has 0 bridgehead atoms. The molecule has 0 saturated carbocycles. The molecule has 0 aliphatic heterocycles. The quantitative estimate of drug-likeness (QED) is 0.553. The summed E-state index contributed by atoms with van der Waals surface area (Å²) in [5.74, 6) is -0.964. The SMILES string of the molecule is O=C(O)/C=C/COCCOCc1ccccc1. The third-order valence-electron chi connectivity index (χ3n) is 1.96. The fraction of sp³-hybridized carbons (Fsp3) is 0.308. The van der Waals surface area contributed by atoms with Gasteiger partial charge in [-0.1, -0.05) is 36.4 Å². The molecule has 0 aliphatic rings. The van der Waals surface area contributed by atoms with Gasteiger partial charge in [-0.05, 0) is 5.56 Å². The van der Waals surface area contributed by atoms with Crippen molar-refractivity contribution in [1.29, 1.82) is 0 Å². The molecule has 0 atom stereocenters. The van der Waals surface area contributed by atoms with Gasteiger partial charge in [0.15, 0.2) is 0 Å². The Morgan fingerprint density at radius 3 is 2.59 bits per heavy atom. The van der Waals surface area contributed by atoms with Crippen molar-refractivity contribution in [2.75, 3.05) is 19.8 Å². The summed E-state index contributed by atoms with van der Waals surface area (Å²) in [6.45, 7) is 1.81. The second-order valence-corrected chi connectivity index (χ2v) is 3.35. The van der Waals surface area contributed by atoms with E-state index >= 15 is 0 Å². The van der Waals surface area contributed by atoms with Crippen molar-refractivity contribution in [1.82, 2.24) is 0 Å². The molecule has 1 N–H and O–H groups in total. The normalized spacial score (nSPS) is 10.8. The van der Waals surface area contributed by atoms with Crippen molar-refractivity contribution in [2.24, 2.45) is 0 Å². The van der Waals surface area contributed by atoms with Crippen molar-refractivity contribution in [2.45, 2.75) is 6.61 Å². The first-order chi connectivity index (χ1) is 8.29. The highest BCUT2D eigenvalue weighted by molar-refractivity contribution is 5.79. The molecular weight excluding hydrogens is 220 g/mol. The van der Waals surface area contributed by atoms with E-state index < -0.39 is 5.97 Å². The predicted molar refractivity (Wildman–Crippen MR) is 63.7 cm³/mol. The highest BCUT2D eigenvalue weighted by atomic mass is 16.5. The molecule has 0 radical (unpaired) electrons. The molecule has 0 amide bonds. The maximum atomic E-state index is 10.1. The molecule has 17 heavy (non-hydrogen) atoms. The minimum atomic E-state index is -0.964. The van der Waals surface area contributed by atoms with E-state index in [9.17, 15) is 4.79 Å². The van der Waals surface area contributed by atoms with Crippen molar-refractivity contribution in [3.05, 3.63) is 48.0 Å². The second-order valence-electron chi connectivity index (χ2n) is 3.35. The number of benzene rings is 1. The third kappa shape index (κ3) is 7.27. The molecule has 0 aromatic heterocycles. The van der Waals surface area contributed by atoms with E-state index in [4.69, 9.17) is 14.6 Å². The summed E-state index contributed by atoms with van der Waals surface area (Å²) in [4.78, 5) is 10.1. The topological polar surface area (TPSA) is 55.8 Å². The van der Waals surface area contributed by atoms with Gasteiger partial charge in [0.05, 0.1) is 26.4 Å². The number of carbonyl (C=O) groups is 1. The summed E-state index contributed by atoms with van der Waals surface area (Å²) in [6, 6.07) is 9.88. The number of hydrogen-bond acceptors (Lipinski definition) is 3. The predicted octanol–water partition coefficient (Wildman–Crippen LogP) is 1.86. The molecule has 4 nitrogen and oxygen atoms in total. The van der Waals surface area contributed by atoms with Gasteiger partial charge in [0.1, 0.15) is 0 Å². The lowest BCUT2D eigenvalue weighted by molar-refractivity contribution is -0.131. The van der Waals surface area contributed by atoms with E-state index in [1.54, 1.807) is 0 Å². The van der Waals surface area contributed by atoms with Gasteiger partial charge in [-0.3, -0.25) is 0 Å². The van der Waals surface area contributed by atoms with E-state index in [0.29, 0.717) is 26.4 Å². The van der Waals surface area contributed by atoms with Gasteiger partial charge in [-0.25, -0.2) is 4.79 Å². The molecule has 0 heterocycles. The Bertz CT molecular complexity index is 346. The van der Waals surface area contributed by atoms with Crippen molar-refractivity contribution in [3.8, 4) is 0 Å². The van der Waals surface area contributed by atoms with Crippen molar-refractivity contribution >= 4 is 5.97 Å². The van der Waals surface area contributed by atoms with E-state index in [1.807, 2.05) is 30.3 Å². The Morgan fingerprint density at radius 1 is 1.18 bits per heavy atom. The van der Waals surface area contributed by atoms with Gasteiger partial charge >= 0.3 is 5.97 Å². The number of carboxylic acids is 1. The number of hydrogen-bond donors (Lipinski definition) is 1. The molecule has 92 valence electrons. The Hall–Kier alpha value is -1.65. The van der Waals surface area contributed by atoms with Crippen LogP contribution in [-0.2, 0) is 20.9 Å². The van der Waals surface area contributed by atoms with Crippen LogP contribution in [0.15, 0.2) is 42.5 Å². The zero-order chi connectivity index (χ0) is 12.3. The molecule has 0 unspecified atom stereocenters. The molecular formula is C13H16O4. The maximum Gasteiger partial charge on any atom is 0.328 e. The lowest BCUT2D eigenvalue weighted by Crippen LogP contribution is -2.04. The Labute approximate surface area is 100 Å². The van der Waals surface area contributed by atoms with Gasteiger partial charge in [0.2, 0.25) is 0 Å². The minimum absolute atomic E-state index is 0.293. The highest BCUT2D eigenvalue weighted by Crippen LogP contribution is 1.99. The summed E-state index contributed by atoms with van der Waals surface area (Å²) in [7, 11) is 0. The number of carboxylic acid groups (broad SMARTS) is 1. The second kappa shape index (κ2) is 8.50. The lowest BCUT2D eigenvalue weighted by atomic mass is 10.2. The fourth-order valence-corrected chi connectivity index (χ4v) is 1.18. The van der Waals surface area contributed by atoms with Crippen LogP contribution in [0.5, 0.6) is 0 Å². The van der Waals surface area contributed by atoms with Crippen LogP contribution >= 0.6 is 0 Å². The van der Waals surface area contributed by atoms with Crippen LogP contribution in [-0.4, -0.2) is 30.9 Å². The summed E-state index contributed by atoms with van der Waals surface area (Å²) in [6.07, 6.45) is 2.52. The molecule has 1 rings (SSSR count). The molecule has 0 fully saturated rings. The molecule has 0 aliphatic carbocycles. The van der Waals surface area contributed by atoms with Crippen LogP contribution in [0, 0.1) is 0 Å². The monoisotopic (exact) mass is 236 g/mol. The van der Waals surface area contributed by atoms with Gasteiger partial charge in [0, 0.05) is 6.08 Å². The van der Waals surface area contributed by atoms with E-state index in [-0.39, 0.29) is 0 Å². The molecule has 4 heteroatoms. The first kappa shape index (κ1) is 13.4. The van der Waals surface area contributed by atoms with Gasteiger partial charge in [-0.2, -0.15) is 0 Å². The average Bonchev–Trinajstić information content (AvgIpc) is 2.33. The van der Waals surface area contributed by atoms with Crippen LogP contribution in [0.4, 0.5) is 0 Å². The molecule has 0 spiro atoms. The van der Waals surface area contributed by atoms with Crippen LogP contribution in [0.2, 0.25) is 0 Å². The molecule has 0 saturated heterocycles. The highest BCUT2D eigenvalue weighted by Gasteiger charge is 1.92. The Kier molecular flexibility index (Phi) is 6.70. The van der Waals surface area contributed by atoms with Crippen LogP contribution in [0.25, 0.3) is 0 Å². The van der Waals surface area contributed by atoms with Crippen LogP contribution in [0.1, 0.15) is 5.56 Å². The van der Waals surface area contributed by atoms with E-state index in [2.05, 4.69) is 0 Å². The fourth-order valence-electron chi connectivity index (χ4n) is 1.18. The first-order valence-corrected chi connectivity index (χ1v) is 5.38. The summed E-state index contributed by atoms with van der Waals surface area (Å²) < 4.78 is 10.5. The Morgan fingerprint density at radius 2 is 1.88 bits per heavy atom. The van der Waals surface area contributed by atoms with Crippen LogP contribution in [0.3, 0.4) is 0 Å². The van der Waals surface area contributed by atoms with Gasteiger partial charge < -0.3 is 14.6 Å². The van der Waals surface area contributed by atoms with Crippen molar-refractivity contribution in [3.63, 3.8) is 0 Å². The van der Waals surface area contributed by atoms with Gasteiger partial charge in [0.25, 0.3) is 0 Å². The van der Waals surface area contributed by atoms with Crippen molar-refractivity contribution < 1.29 is 19.4 Å². The zero-order valence-electron chi connectivity index (χ0n) is 9.54. The number of ether oxygens (including phenoxy) is 2. The van der Waals surface area contributed by atoms with E-state index in [1.165, 1.54) is 6.08 Å². The Balaban J connectivity index is 1.96. The standard InChI is InChI=1S/C13H16O4/c14-13(15)7-4-8-16-9-10-17-11-12-5-2-1-3-6-12/h1-7H,8-11H2,(H,14,15)/b7-4+. The van der Waals surface area contributed by atoms with E-state index in [0.717, 1.165) is 11.6 Å². The maximum absolute atomic E-state index is 10.1. The summed E-state index contributed by atoms with van der Waals surface area (Å²) in [5, 5.41) is 8.31. The largest absolute Gasteiger partial charge is 0.478 e. The minimum Gasteiger partial charge on any atom is -0.478 e. The third-order valence-corrected chi connectivity index (χ3v) is 1.96. The first-order valence-electron chi connectivity index (χ1n) is 5.38. The molecule has 1 aromatic rings. The smallest absolute Gasteiger partial charge is 0.328 e. The summed E-state index contributed by atoms with van der Waals surface area (Å²) >= 11 is 0. The lowest BCUT2D eigenvalue weighted by Gasteiger charge is -2.04. The van der Waals surface area contributed by atoms with Crippen LogP contribution < -0.4 is 0 Å².